The van der Waals surface area contributed by atoms with Gasteiger partial charge in [0.25, 0.3) is 0 Å². The lowest BCUT2D eigenvalue weighted by molar-refractivity contribution is -0.139. The summed E-state index contributed by atoms with van der Waals surface area (Å²) >= 11 is 0. The number of hydrogen-bond acceptors (Lipinski definition) is 8. The Hall–Kier alpha value is -2.96. The Morgan fingerprint density at radius 3 is 2.55 bits per heavy atom. The minimum absolute atomic E-state index is 0.00840. The molecular weight excluding hydrogens is 454 g/mol. The van der Waals surface area contributed by atoms with E-state index in [4.69, 9.17) is 14.2 Å². The van der Waals surface area contributed by atoms with Crippen molar-refractivity contribution in [2.24, 2.45) is 0 Å². The number of aryl methyl sites for hydroxylation is 1. The average molecular weight is 482 g/mol. The molecule has 0 bridgehead atoms. The van der Waals surface area contributed by atoms with Crippen molar-refractivity contribution in [3.63, 3.8) is 0 Å². The van der Waals surface area contributed by atoms with Gasteiger partial charge in [0.1, 0.15) is 6.61 Å². The number of ether oxygens (including phenoxy) is 3. The predicted molar refractivity (Wildman–Crippen MR) is 116 cm³/mol. The van der Waals surface area contributed by atoms with Crippen LogP contribution in [0.25, 0.3) is 0 Å². The van der Waals surface area contributed by atoms with E-state index in [9.17, 15) is 22.8 Å². The first-order chi connectivity index (χ1) is 15.6. The summed E-state index contributed by atoms with van der Waals surface area (Å²) in [7, 11) is -3.82. The van der Waals surface area contributed by atoms with Crippen molar-refractivity contribution in [3.8, 4) is 0 Å². The van der Waals surface area contributed by atoms with Crippen LogP contribution in [0.1, 0.15) is 29.8 Å². The van der Waals surface area contributed by atoms with E-state index >= 15 is 0 Å². The summed E-state index contributed by atoms with van der Waals surface area (Å²) < 4.78 is 42.9. The molecule has 1 fully saturated rings. The van der Waals surface area contributed by atoms with Crippen LogP contribution in [0, 0.1) is 6.92 Å². The van der Waals surface area contributed by atoms with Crippen molar-refractivity contribution in [1.82, 2.24) is 14.9 Å². The summed E-state index contributed by atoms with van der Waals surface area (Å²) in [5, 5.41) is 5.02. The summed E-state index contributed by atoms with van der Waals surface area (Å²) in [5.41, 5.74) is 0.763. The van der Waals surface area contributed by atoms with Crippen LogP contribution in [0.15, 0.2) is 34.4 Å². The molecule has 0 aromatic heterocycles. The van der Waals surface area contributed by atoms with Gasteiger partial charge in [-0.1, -0.05) is 6.07 Å². The monoisotopic (exact) mass is 481 g/mol. The molecule has 2 aliphatic heterocycles. The topological polar surface area (TPSA) is 140 Å². The Morgan fingerprint density at radius 2 is 1.88 bits per heavy atom. The molecule has 2 aliphatic rings. The highest BCUT2D eigenvalue weighted by molar-refractivity contribution is 7.89. The molecule has 2 amide bonds. The van der Waals surface area contributed by atoms with E-state index in [-0.39, 0.29) is 41.4 Å². The highest BCUT2D eigenvalue weighted by Gasteiger charge is 2.31. The van der Waals surface area contributed by atoms with E-state index in [1.165, 1.54) is 22.5 Å². The third kappa shape index (κ3) is 5.52. The SMILES string of the molecule is CCOC(=O)C1=C(COC(=O)c2ccc(C)c(S(=O)(=O)N3CCOCC3)c2)NC(=O)N[C@H]1C. The summed E-state index contributed by atoms with van der Waals surface area (Å²) in [6.45, 7) is 5.70. The fourth-order valence-corrected chi connectivity index (χ4v) is 5.20. The molecule has 2 N–H and O–H groups in total. The van der Waals surface area contributed by atoms with Crippen LogP contribution in [-0.4, -0.2) is 76.3 Å². The van der Waals surface area contributed by atoms with Gasteiger partial charge in [0.2, 0.25) is 10.0 Å². The Bertz CT molecular complexity index is 1080. The van der Waals surface area contributed by atoms with Crippen molar-refractivity contribution in [3.05, 3.63) is 40.6 Å². The van der Waals surface area contributed by atoms with Gasteiger partial charge in [-0.2, -0.15) is 4.31 Å². The molecule has 1 aromatic carbocycles. The van der Waals surface area contributed by atoms with Gasteiger partial charge < -0.3 is 24.8 Å². The number of carbonyl (C=O) groups is 3. The first-order valence-electron chi connectivity index (χ1n) is 10.5. The number of nitrogens with zero attached hydrogens (tertiary/aromatic N) is 1. The molecule has 1 atom stereocenters. The van der Waals surface area contributed by atoms with Crippen LogP contribution < -0.4 is 10.6 Å². The summed E-state index contributed by atoms with van der Waals surface area (Å²) in [6, 6.07) is 3.07. The Labute approximate surface area is 192 Å². The van der Waals surface area contributed by atoms with E-state index in [1.807, 2.05) is 0 Å². The van der Waals surface area contributed by atoms with E-state index in [1.54, 1.807) is 20.8 Å². The number of hydrogen-bond donors (Lipinski definition) is 2. The second kappa shape index (κ2) is 10.3. The average Bonchev–Trinajstić information content (AvgIpc) is 2.78. The lowest BCUT2D eigenvalue weighted by Gasteiger charge is -2.27. The van der Waals surface area contributed by atoms with Crippen LogP contribution in [-0.2, 0) is 29.0 Å². The van der Waals surface area contributed by atoms with E-state index < -0.39 is 40.6 Å². The Balaban J connectivity index is 1.81. The quantitative estimate of drug-likeness (QED) is 0.542. The second-order valence-corrected chi connectivity index (χ2v) is 9.41. The number of esters is 2. The van der Waals surface area contributed by atoms with Crippen LogP contribution in [0.4, 0.5) is 4.79 Å². The van der Waals surface area contributed by atoms with Crippen LogP contribution in [0.2, 0.25) is 0 Å². The molecular formula is C21H27N3O8S. The van der Waals surface area contributed by atoms with Crippen molar-refractivity contribution in [2.45, 2.75) is 31.7 Å². The van der Waals surface area contributed by atoms with Crippen LogP contribution in [0.5, 0.6) is 0 Å². The normalized spacial score (nSPS) is 19.5. The molecule has 12 heteroatoms. The van der Waals surface area contributed by atoms with Crippen LogP contribution in [0.3, 0.4) is 0 Å². The van der Waals surface area contributed by atoms with Gasteiger partial charge in [0, 0.05) is 13.1 Å². The highest BCUT2D eigenvalue weighted by atomic mass is 32.2. The van der Waals surface area contributed by atoms with Crippen LogP contribution >= 0.6 is 0 Å². The van der Waals surface area contributed by atoms with Gasteiger partial charge in [-0.15, -0.1) is 0 Å². The molecule has 0 unspecified atom stereocenters. The molecule has 0 radical (unpaired) electrons. The van der Waals surface area contributed by atoms with Gasteiger partial charge >= 0.3 is 18.0 Å². The molecule has 1 saturated heterocycles. The summed E-state index contributed by atoms with van der Waals surface area (Å²) in [4.78, 5) is 36.8. The molecule has 2 heterocycles. The lowest BCUT2D eigenvalue weighted by atomic mass is 10.0. The number of carbonyl (C=O) groups excluding carboxylic acids is 3. The third-order valence-electron chi connectivity index (χ3n) is 5.22. The van der Waals surface area contributed by atoms with Gasteiger partial charge in [0.15, 0.2) is 0 Å². The molecule has 1 aromatic rings. The molecule has 0 spiro atoms. The molecule has 11 nitrogen and oxygen atoms in total. The number of morpholine rings is 1. The molecule has 3 rings (SSSR count). The number of benzene rings is 1. The van der Waals surface area contributed by atoms with Crippen molar-refractivity contribution >= 4 is 28.0 Å². The number of urea groups is 1. The molecule has 33 heavy (non-hydrogen) atoms. The van der Waals surface area contributed by atoms with Gasteiger partial charge in [-0.25, -0.2) is 22.8 Å². The largest absolute Gasteiger partial charge is 0.463 e. The predicted octanol–water partition coefficient (Wildman–Crippen LogP) is 0.691. The summed E-state index contributed by atoms with van der Waals surface area (Å²) in [5.74, 6) is -1.44. The van der Waals surface area contributed by atoms with Gasteiger partial charge in [-0.3, -0.25) is 0 Å². The Morgan fingerprint density at radius 1 is 1.18 bits per heavy atom. The number of nitrogens with one attached hydrogen (secondary N) is 2. The zero-order valence-corrected chi connectivity index (χ0v) is 19.5. The maximum atomic E-state index is 13.0. The van der Waals surface area contributed by atoms with Gasteiger partial charge in [0.05, 0.1) is 47.6 Å². The maximum Gasteiger partial charge on any atom is 0.338 e. The number of amides is 2. The van der Waals surface area contributed by atoms with E-state index in [0.29, 0.717) is 18.8 Å². The first-order valence-corrected chi connectivity index (χ1v) is 11.9. The van der Waals surface area contributed by atoms with Crippen molar-refractivity contribution < 1.29 is 37.0 Å². The molecule has 180 valence electrons. The fourth-order valence-electron chi connectivity index (χ4n) is 3.55. The number of rotatable bonds is 7. The van der Waals surface area contributed by atoms with E-state index in [2.05, 4.69) is 10.6 Å². The second-order valence-electron chi connectivity index (χ2n) is 7.51. The van der Waals surface area contributed by atoms with E-state index in [0.717, 1.165) is 0 Å². The lowest BCUT2D eigenvalue weighted by Crippen LogP contribution is -2.50. The molecule has 0 saturated carbocycles. The maximum absolute atomic E-state index is 13.0. The molecule has 0 aliphatic carbocycles. The minimum atomic E-state index is -3.82. The van der Waals surface area contributed by atoms with Crippen molar-refractivity contribution in [1.29, 1.82) is 0 Å². The number of sulfonamides is 1. The summed E-state index contributed by atoms with van der Waals surface area (Å²) in [6.07, 6.45) is 0. The zero-order valence-electron chi connectivity index (χ0n) is 18.7. The first kappa shape index (κ1) is 24.7. The standard InChI is InChI=1S/C21H27N3O8S/c1-4-31-20(26)18-14(3)22-21(27)23-16(18)12-32-19(25)15-6-5-13(2)17(11-15)33(28,29)24-7-9-30-10-8-24/h5-6,11,14H,4,7-10,12H2,1-3H3,(H2,22,23,27)/t14-/m0/s1. The smallest absolute Gasteiger partial charge is 0.338 e. The van der Waals surface area contributed by atoms with Gasteiger partial charge in [-0.05, 0) is 38.5 Å². The minimum Gasteiger partial charge on any atom is -0.463 e. The van der Waals surface area contributed by atoms with Crippen molar-refractivity contribution in [2.75, 3.05) is 39.5 Å². The zero-order chi connectivity index (χ0) is 24.2. The highest BCUT2D eigenvalue weighted by Crippen LogP contribution is 2.23. The third-order valence-corrected chi connectivity index (χ3v) is 7.27. The Kier molecular flexibility index (Phi) is 7.72. The fraction of sp³-hybridized carbons (Fsp3) is 0.476.